The summed E-state index contributed by atoms with van der Waals surface area (Å²) in [5, 5.41) is 3.09. The molecule has 1 amide bonds. The summed E-state index contributed by atoms with van der Waals surface area (Å²) in [6.45, 7) is 4.18. The molecule has 0 aliphatic rings. The zero-order valence-corrected chi connectivity index (χ0v) is 13.7. The van der Waals surface area contributed by atoms with Crippen LogP contribution in [0.15, 0.2) is 53.0 Å². The summed E-state index contributed by atoms with van der Waals surface area (Å²) in [6, 6.07) is 15.3. The molecule has 0 heterocycles. The van der Waals surface area contributed by atoms with Crippen LogP contribution >= 0.6 is 15.9 Å². The van der Waals surface area contributed by atoms with E-state index in [0.29, 0.717) is 15.7 Å². The molecule has 2 aromatic rings. The Bertz CT molecular complexity index is 626. The summed E-state index contributed by atoms with van der Waals surface area (Å²) in [6.07, 6.45) is 0. The second-order valence-corrected chi connectivity index (χ2v) is 6.11. The number of carbonyl (C=O) groups is 1. The zero-order valence-electron chi connectivity index (χ0n) is 12.1. The van der Waals surface area contributed by atoms with Gasteiger partial charge in [0.25, 0.3) is 5.91 Å². The lowest BCUT2D eigenvalue weighted by Crippen LogP contribution is -2.32. The number of benzene rings is 2. The van der Waals surface area contributed by atoms with Crippen LogP contribution in [0, 0.1) is 5.92 Å². The molecule has 1 unspecified atom stereocenters. The van der Waals surface area contributed by atoms with Crippen molar-refractivity contribution < 1.29 is 4.79 Å². The van der Waals surface area contributed by atoms with E-state index in [1.54, 1.807) is 18.2 Å². The number of anilines is 1. The summed E-state index contributed by atoms with van der Waals surface area (Å²) in [5.74, 6) is 0.160. The van der Waals surface area contributed by atoms with E-state index in [0.717, 1.165) is 5.56 Å². The van der Waals surface area contributed by atoms with Crippen LogP contribution in [0.1, 0.15) is 35.8 Å². The first-order valence-corrected chi connectivity index (χ1v) is 7.69. The van der Waals surface area contributed by atoms with Crippen molar-refractivity contribution in [3.05, 3.63) is 64.1 Å². The highest BCUT2D eigenvalue weighted by atomic mass is 79.9. The fraction of sp³-hybridized carbons (Fsp3) is 0.235. The first-order valence-electron chi connectivity index (χ1n) is 6.90. The fourth-order valence-corrected chi connectivity index (χ4v) is 2.68. The molecular formula is C17H19BrN2O. The standard InChI is InChI=1S/C17H19BrN2O/c1-11(2)16(12-7-4-3-5-8-12)20-17(21)13-9-6-10-14(19)15(13)18/h3-11,16H,19H2,1-2H3,(H,20,21). The van der Waals surface area contributed by atoms with E-state index in [2.05, 4.69) is 35.1 Å². The molecule has 2 aromatic carbocycles. The molecule has 4 heteroatoms. The van der Waals surface area contributed by atoms with Gasteiger partial charge in [-0.3, -0.25) is 4.79 Å². The Balaban J connectivity index is 2.25. The molecule has 2 rings (SSSR count). The zero-order chi connectivity index (χ0) is 15.4. The second-order valence-electron chi connectivity index (χ2n) is 5.31. The van der Waals surface area contributed by atoms with Gasteiger partial charge in [0.05, 0.1) is 16.1 Å². The van der Waals surface area contributed by atoms with Crippen LogP contribution in [0.4, 0.5) is 5.69 Å². The van der Waals surface area contributed by atoms with Gasteiger partial charge in [0.2, 0.25) is 0 Å². The highest BCUT2D eigenvalue weighted by Crippen LogP contribution is 2.26. The van der Waals surface area contributed by atoms with Crippen molar-refractivity contribution in [2.75, 3.05) is 5.73 Å². The summed E-state index contributed by atoms with van der Waals surface area (Å²) in [7, 11) is 0. The van der Waals surface area contributed by atoms with Crippen molar-refractivity contribution >= 4 is 27.5 Å². The maximum absolute atomic E-state index is 12.5. The Morgan fingerprint density at radius 1 is 1.10 bits per heavy atom. The third-order valence-corrected chi connectivity index (χ3v) is 4.27. The number of hydrogen-bond acceptors (Lipinski definition) is 2. The molecule has 1 atom stereocenters. The van der Waals surface area contributed by atoms with Gasteiger partial charge in [0.1, 0.15) is 0 Å². The van der Waals surface area contributed by atoms with Crippen molar-refractivity contribution in [2.24, 2.45) is 5.92 Å². The molecule has 0 saturated heterocycles. The van der Waals surface area contributed by atoms with E-state index >= 15 is 0 Å². The molecule has 3 N–H and O–H groups in total. The minimum Gasteiger partial charge on any atom is -0.398 e. The Morgan fingerprint density at radius 2 is 1.76 bits per heavy atom. The van der Waals surface area contributed by atoms with E-state index in [-0.39, 0.29) is 17.9 Å². The minimum absolute atomic E-state index is 0.0352. The summed E-state index contributed by atoms with van der Waals surface area (Å²) >= 11 is 3.38. The van der Waals surface area contributed by atoms with Crippen molar-refractivity contribution in [1.29, 1.82) is 0 Å². The summed E-state index contributed by atoms with van der Waals surface area (Å²) < 4.78 is 0.637. The van der Waals surface area contributed by atoms with Gasteiger partial charge in [0.15, 0.2) is 0 Å². The summed E-state index contributed by atoms with van der Waals surface area (Å²) in [4.78, 5) is 12.5. The Morgan fingerprint density at radius 3 is 2.38 bits per heavy atom. The van der Waals surface area contributed by atoms with E-state index in [1.165, 1.54) is 0 Å². The largest absolute Gasteiger partial charge is 0.398 e. The average Bonchev–Trinajstić information content (AvgIpc) is 2.48. The molecule has 3 nitrogen and oxygen atoms in total. The number of rotatable bonds is 4. The third-order valence-electron chi connectivity index (χ3n) is 3.39. The van der Waals surface area contributed by atoms with Crippen molar-refractivity contribution in [2.45, 2.75) is 19.9 Å². The third kappa shape index (κ3) is 3.64. The fourth-order valence-electron chi connectivity index (χ4n) is 2.24. The van der Waals surface area contributed by atoms with Crippen molar-refractivity contribution in [1.82, 2.24) is 5.32 Å². The lowest BCUT2D eigenvalue weighted by Gasteiger charge is -2.23. The van der Waals surface area contributed by atoms with E-state index in [4.69, 9.17) is 5.73 Å². The molecule has 0 bridgehead atoms. The summed E-state index contributed by atoms with van der Waals surface area (Å²) in [5.41, 5.74) is 8.04. The highest BCUT2D eigenvalue weighted by molar-refractivity contribution is 9.10. The number of nitrogens with two attached hydrogens (primary N) is 1. The van der Waals surface area contributed by atoms with Crippen LogP contribution in [0.5, 0.6) is 0 Å². The molecule has 110 valence electrons. The van der Waals surface area contributed by atoms with Crippen molar-refractivity contribution in [3.63, 3.8) is 0 Å². The Labute approximate surface area is 133 Å². The minimum atomic E-state index is -0.128. The maximum atomic E-state index is 12.5. The Kier molecular flexibility index (Phi) is 5.02. The topological polar surface area (TPSA) is 55.1 Å². The molecule has 0 fully saturated rings. The highest BCUT2D eigenvalue weighted by Gasteiger charge is 2.20. The number of amides is 1. The van der Waals surface area contributed by atoms with E-state index in [1.807, 2.05) is 30.3 Å². The van der Waals surface area contributed by atoms with Crippen LogP contribution in [-0.2, 0) is 0 Å². The van der Waals surface area contributed by atoms with Crippen LogP contribution in [0.25, 0.3) is 0 Å². The first-order chi connectivity index (χ1) is 10.0. The molecule has 21 heavy (non-hydrogen) atoms. The van der Waals surface area contributed by atoms with Gasteiger partial charge in [-0.05, 0) is 39.5 Å². The van der Waals surface area contributed by atoms with Crippen molar-refractivity contribution in [3.8, 4) is 0 Å². The van der Waals surface area contributed by atoms with Gasteiger partial charge < -0.3 is 11.1 Å². The van der Waals surface area contributed by atoms with Crippen LogP contribution < -0.4 is 11.1 Å². The van der Waals surface area contributed by atoms with Gasteiger partial charge in [-0.25, -0.2) is 0 Å². The first kappa shape index (κ1) is 15.6. The van der Waals surface area contributed by atoms with Gasteiger partial charge in [0, 0.05) is 5.69 Å². The van der Waals surface area contributed by atoms with Crippen LogP contribution in [0.2, 0.25) is 0 Å². The smallest absolute Gasteiger partial charge is 0.252 e. The lowest BCUT2D eigenvalue weighted by atomic mass is 9.95. The predicted octanol–water partition coefficient (Wildman–Crippen LogP) is 4.16. The van der Waals surface area contributed by atoms with Gasteiger partial charge >= 0.3 is 0 Å². The number of carbonyl (C=O) groups excluding carboxylic acids is 1. The van der Waals surface area contributed by atoms with Gasteiger partial charge in [-0.1, -0.05) is 50.2 Å². The second kappa shape index (κ2) is 6.76. The molecule has 0 saturated carbocycles. The monoisotopic (exact) mass is 346 g/mol. The van der Waals surface area contributed by atoms with E-state index < -0.39 is 0 Å². The van der Waals surface area contributed by atoms with Crippen LogP contribution in [-0.4, -0.2) is 5.91 Å². The lowest BCUT2D eigenvalue weighted by molar-refractivity contribution is 0.0925. The molecular weight excluding hydrogens is 328 g/mol. The van der Waals surface area contributed by atoms with Crippen LogP contribution in [0.3, 0.4) is 0 Å². The number of nitrogens with one attached hydrogen (secondary N) is 1. The normalized spacial score (nSPS) is 12.2. The molecule has 0 aromatic heterocycles. The van der Waals surface area contributed by atoms with Gasteiger partial charge in [-0.2, -0.15) is 0 Å². The number of halogens is 1. The van der Waals surface area contributed by atoms with Gasteiger partial charge in [-0.15, -0.1) is 0 Å². The average molecular weight is 347 g/mol. The quantitative estimate of drug-likeness (QED) is 0.816. The number of nitrogen functional groups attached to an aromatic ring is 1. The maximum Gasteiger partial charge on any atom is 0.252 e. The Hall–Kier alpha value is -1.81. The number of hydrogen-bond donors (Lipinski definition) is 2. The molecule has 0 aliphatic heterocycles. The predicted molar refractivity (Wildman–Crippen MR) is 90.0 cm³/mol. The SMILES string of the molecule is CC(C)C(NC(=O)c1cccc(N)c1Br)c1ccccc1. The molecule has 0 aliphatic carbocycles. The molecule has 0 spiro atoms. The van der Waals surface area contributed by atoms with E-state index in [9.17, 15) is 4.79 Å². The molecule has 0 radical (unpaired) electrons.